The molecule has 0 spiro atoms. The first-order chi connectivity index (χ1) is 11.4. The molecule has 1 aliphatic rings. The molecule has 1 nitrogen and oxygen atoms in total. The van der Waals surface area contributed by atoms with E-state index in [4.69, 9.17) is 22.8 Å². The Kier molecular flexibility index (Phi) is 5.30. The van der Waals surface area contributed by atoms with Crippen molar-refractivity contribution in [3.8, 4) is 0 Å². The molecular formula is C20H24Cl2NTi. The van der Waals surface area contributed by atoms with Crippen molar-refractivity contribution in [2.75, 3.05) is 0 Å². The predicted octanol–water partition coefficient (Wildman–Crippen LogP) is 6.31. The van der Waals surface area contributed by atoms with Crippen LogP contribution in [-0.2, 0) is 18.2 Å². The molecule has 0 amide bonds. The summed E-state index contributed by atoms with van der Waals surface area (Å²) in [4.78, 5) is 0. The number of rotatable bonds is 6. The molecule has 2 aromatic carbocycles. The van der Waals surface area contributed by atoms with Crippen molar-refractivity contribution in [2.24, 2.45) is 10.1 Å². The Labute approximate surface area is 153 Å². The molecule has 0 heterocycles. The number of fused-ring (bicyclic) bond motifs is 1. The minimum atomic E-state index is -4.04. The first kappa shape index (κ1) is 18.2. The van der Waals surface area contributed by atoms with Crippen LogP contribution in [0, 0.1) is 5.92 Å². The van der Waals surface area contributed by atoms with Crippen LogP contribution in [0.25, 0.3) is 6.08 Å². The molecule has 0 aliphatic heterocycles. The molecule has 3 rings (SSSR count). The van der Waals surface area contributed by atoms with Gasteiger partial charge in [0.05, 0.1) is 0 Å². The molecule has 2 unspecified atom stereocenters. The van der Waals surface area contributed by atoms with Crippen molar-refractivity contribution < 1.29 is 13.4 Å². The van der Waals surface area contributed by atoms with Crippen LogP contribution in [0.2, 0.25) is 4.73 Å². The van der Waals surface area contributed by atoms with Gasteiger partial charge in [0.15, 0.2) is 0 Å². The molecular weight excluding hydrogens is 373 g/mol. The molecule has 0 bridgehead atoms. The fourth-order valence-electron chi connectivity index (χ4n) is 3.83. The third-order valence-corrected chi connectivity index (χ3v) is 11.2. The normalized spacial score (nSPS) is 19.5. The van der Waals surface area contributed by atoms with Crippen LogP contribution >= 0.6 is 18.6 Å². The summed E-state index contributed by atoms with van der Waals surface area (Å²) in [5, 5.41) is 0. The van der Waals surface area contributed by atoms with Gasteiger partial charge in [0, 0.05) is 0 Å². The van der Waals surface area contributed by atoms with Crippen LogP contribution in [-0.4, -0.2) is 0 Å². The van der Waals surface area contributed by atoms with E-state index in [1.807, 2.05) is 18.2 Å². The quantitative estimate of drug-likeness (QED) is 0.568. The SMILES string of the molecule is CCC([CH2][Ti]([NH2])([Cl])([Cl])[CH2]c1ccccc1)C1C=Cc2ccccc21. The van der Waals surface area contributed by atoms with Crippen molar-refractivity contribution in [1.82, 2.24) is 0 Å². The van der Waals surface area contributed by atoms with Gasteiger partial charge in [-0.05, 0) is 0 Å². The van der Waals surface area contributed by atoms with Crippen molar-refractivity contribution in [2.45, 2.75) is 28.7 Å². The second kappa shape index (κ2) is 6.98. The number of nitrogens with two attached hydrogens (primary N) is 1. The van der Waals surface area contributed by atoms with E-state index in [1.54, 1.807) is 0 Å². The zero-order chi connectivity index (χ0) is 17.2. The third kappa shape index (κ3) is 4.34. The minimum absolute atomic E-state index is 0.367. The molecule has 0 saturated heterocycles. The molecule has 2 N–H and O–H groups in total. The number of hydrogen-bond donors (Lipinski definition) is 1. The van der Waals surface area contributed by atoms with Gasteiger partial charge in [-0.3, -0.25) is 0 Å². The van der Waals surface area contributed by atoms with Gasteiger partial charge in [-0.2, -0.15) is 0 Å². The van der Waals surface area contributed by atoms with Crippen LogP contribution in [0.3, 0.4) is 0 Å². The van der Waals surface area contributed by atoms with Crippen molar-refractivity contribution >= 4 is 24.7 Å². The Morgan fingerprint density at radius 2 is 1.71 bits per heavy atom. The second-order valence-corrected chi connectivity index (χ2v) is 21.4. The Morgan fingerprint density at radius 1 is 1.04 bits per heavy atom. The van der Waals surface area contributed by atoms with Gasteiger partial charge in [0.1, 0.15) is 0 Å². The van der Waals surface area contributed by atoms with Gasteiger partial charge in [-0.25, -0.2) is 0 Å². The van der Waals surface area contributed by atoms with Gasteiger partial charge < -0.3 is 0 Å². The third-order valence-electron chi connectivity index (χ3n) is 4.96. The van der Waals surface area contributed by atoms with Crippen molar-refractivity contribution in [1.29, 1.82) is 0 Å². The molecule has 4 heteroatoms. The Morgan fingerprint density at radius 3 is 2.42 bits per heavy atom. The van der Waals surface area contributed by atoms with E-state index >= 15 is 0 Å². The molecule has 0 saturated carbocycles. The van der Waals surface area contributed by atoms with Crippen LogP contribution in [0.5, 0.6) is 0 Å². The maximum atomic E-state index is 6.92. The Balaban J connectivity index is 1.81. The summed E-state index contributed by atoms with van der Waals surface area (Å²) in [5.41, 5.74) is 3.82. The number of allylic oxidation sites excluding steroid dienone is 1. The van der Waals surface area contributed by atoms with Gasteiger partial charge in [-0.1, -0.05) is 0 Å². The summed E-state index contributed by atoms with van der Waals surface area (Å²) in [6.45, 7) is 2.21. The molecule has 1 aliphatic carbocycles. The van der Waals surface area contributed by atoms with E-state index in [9.17, 15) is 0 Å². The van der Waals surface area contributed by atoms with E-state index in [0.717, 1.165) is 16.7 Å². The van der Waals surface area contributed by atoms with Crippen LogP contribution in [0.4, 0.5) is 0 Å². The van der Waals surface area contributed by atoms with E-state index in [1.165, 1.54) is 11.1 Å². The van der Waals surface area contributed by atoms with Crippen LogP contribution < -0.4 is 4.22 Å². The zero-order valence-electron chi connectivity index (χ0n) is 14.0. The standard InChI is InChI=1S/C13H15.C7H7.2ClH.H2N.Ti/c1-3-10(2)12-9-8-11-6-4-5-7-13(11)12;1-7-5-3-2-4-6-7;;;;/h4-10,12H,2-3H2,1H3;2-6H,1H2;2*1H;1H2;/q;;;;-1;+3/p-2. The summed E-state index contributed by atoms with van der Waals surface area (Å²) >= 11 is -4.04. The number of hydrogen-bond acceptors (Lipinski definition) is 1. The number of benzene rings is 2. The molecule has 24 heavy (non-hydrogen) atoms. The topological polar surface area (TPSA) is 26.0 Å². The Bertz CT molecular complexity index is 734. The Hall–Kier alpha value is -0.566. The molecule has 0 fully saturated rings. The van der Waals surface area contributed by atoms with E-state index in [-0.39, 0.29) is 0 Å². The first-order valence-corrected chi connectivity index (χ1v) is 16.0. The molecule has 0 aromatic heterocycles. The predicted molar refractivity (Wildman–Crippen MR) is 103 cm³/mol. The summed E-state index contributed by atoms with van der Waals surface area (Å²) in [5.74, 6) is 0.747. The molecule has 0 radical (unpaired) electrons. The van der Waals surface area contributed by atoms with Crippen molar-refractivity contribution in [3.63, 3.8) is 0 Å². The summed E-state index contributed by atoms with van der Waals surface area (Å²) in [7, 11) is 13.8. The van der Waals surface area contributed by atoms with Crippen LogP contribution in [0.1, 0.15) is 36.0 Å². The molecule has 127 valence electrons. The molecule has 2 aromatic rings. The first-order valence-electron chi connectivity index (χ1n) is 8.57. The molecule has 2 atom stereocenters. The average molecular weight is 397 g/mol. The maximum absolute atomic E-state index is 6.92. The van der Waals surface area contributed by atoms with Gasteiger partial charge in [0.25, 0.3) is 0 Å². The van der Waals surface area contributed by atoms with Gasteiger partial charge in [-0.15, -0.1) is 0 Å². The van der Waals surface area contributed by atoms with E-state index < -0.39 is 13.4 Å². The van der Waals surface area contributed by atoms with E-state index in [2.05, 4.69) is 55.5 Å². The van der Waals surface area contributed by atoms with E-state index in [0.29, 0.717) is 16.6 Å². The van der Waals surface area contributed by atoms with Crippen molar-refractivity contribution in [3.05, 3.63) is 77.4 Å². The van der Waals surface area contributed by atoms with Gasteiger partial charge >= 0.3 is 154 Å². The fourth-order valence-corrected chi connectivity index (χ4v) is 11.2. The fraction of sp³-hybridized carbons (Fsp3) is 0.300. The summed E-state index contributed by atoms with van der Waals surface area (Å²) in [6.07, 6.45) is 5.52. The average Bonchev–Trinajstić information content (AvgIpc) is 2.97. The zero-order valence-corrected chi connectivity index (χ0v) is 17.0. The monoisotopic (exact) mass is 396 g/mol. The van der Waals surface area contributed by atoms with Gasteiger partial charge in [0.2, 0.25) is 0 Å². The summed E-state index contributed by atoms with van der Waals surface area (Å²) in [6, 6.07) is 18.7. The summed E-state index contributed by atoms with van der Waals surface area (Å²) < 4.78 is 8.01. The number of halogens is 2. The second-order valence-electron chi connectivity index (χ2n) is 7.03. The van der Waals surface area contributed by atoms with Crippen LogP contribution in [0.15, 0.2) is 60.7 Å².